The van der Waals surface area contributed by atoms with Gasteiger partial charge in [0, 0.05) is 6.54 Å². The molecule has 5 heteroatoms. The molecule has 0 aromatic heterocycles. The smallest absolute Gasteiger partial charge is 0.246 e. The highest BCUT2D eigenvalue weighted by molar-refractivity contribution is 5.87. The molecule has 1 atom stereocenters. The van der Waals surface area contributed by atoms with Crippen LogP contribution in [0.25, 0.3) is 0 Å². The molecule has 0 rings (SSSR count). The molecule has 0 aromatic rings. The molecule has 0 spiro atoms. The van der Waals surface area contributed by atoms with E-state index in [4.69, 9.17) is 4.74 Å². The third-order valence-corrected chi connectivity index (χ3v) is 1.67. The second-order valence-electron chi connectivity index (χ2n) is 3.54. The van der Waals surface area contributed by atoms with Gasteiger partial charge in [0.2, 0.25) is 11.8 Å². The average molecular weight is 216 g/mol. The number of hydrogen-bond donors (Lipinski definition) is 2. The zero-order valence-corrected chi connectivity index (χ0v) is 9.79. The summed E-state index contributed by atoms with van der Waals surface area (Å²) in [4.78, 5) is 22.5. The lowest BCUT2D eigenvalue weighted by atomic mass is 10.3. The molecule has 2 amide bonds. The number of carbonyl (C=O) groups excluding carboxylic acids is 2. The number of nitrogens with one attached hydrogen (secondary N) is 2. The summed E-state index contributed by atoms with van der Waals surface area (Å²) in [5.74, 6) is -0.460. The number of hydrogen-bond acceptors (Lipinski definition) is 3. The van der Waals surface area contributed by atoms with Crippen molar-refractivity contribution >= 4 is 11.8 Å². The summed E-state index contributed by atoms with van der Waals surface area (Å²) < 4.78 is 5.10. The monoisotopic (exact) mass is 216 g/mol. The van der Waals surface area contributed by atoms with E-state index in [1.54, 1.807) is 6.92 Å². The van der Waals surface area contributed by atoms with Crippen LogP contribution in [-0.4, -0.2) is 37.1 Å². The van der Waals surface area contributed by atoms with Gasteiger partial charge in [0.15, 0.2) is 0 Å². The Labute approximate surface area is 90.6 Å². The van der Waals surface area contributed by atoms with Crippen LogP contribution in [0.15, 0.2) is 0 Å². The van der Waals surface area contributed by atoms with Gasteiger partial charge in [-0.1, -0.05) is 0 Å². The van der Waals surface area contributed by atoms with Crippen LogP contribution in [0.4, 0.5) is 0 Å². The molecule has 0 heterocycles. The van der Waals surface area contributed by atoms with Crippen molar-refractivity contribution < 1.29 is 14.3 Å². The van der Waals surface area contributed by atoms with E-state index in [0.29, 0.717) is 6.54 Å². The van der Waals surface area contributed by atoms with Crippen molar-refractivity contribution in [1.82, 2.24) is 10.6 Å². The van der Waals surface area contributed by atoms with E-state index in [0.717, 1.165) is 0 Å². The summed E-state index contributed by atoms with van der Waals surface area (Å²) in [5.41, 5.74) is 0. The molecule has 1 unspecified atom stereocenters. The number of carbonyl (C=O) groups is 2. The van der Waals surface area contributed by atoms with Crippen LogP contribution in [0.1, 0.15) is 27.7 Å². The van der Waals surface area contributed by atoms with Gasteiger partial charge in [0.25, 0.3) is 0 Å². The van der Waals surface area contributed by atoms with E-state index in [-0.39, 0.29) is 24.5 Å². The van der Waals surface area contributed by atoms with Crippen LogP contribution in [0.2, 0.25) is 0 Å². The lowest BCUT2D eigenvalue weighted by Gasteiger charge is -2.14. The van der Waals surface area contributed by atoms with Gasteiger partial charge in [0.1, 0.15) is 12.6 Å². The topological polar surface area (TPSA) is 67.4 Å². The van der Waals surface area contributed by atoms with Gasteiger partial charge in [0.05, 0.1) is 6.10 Å². The van der Waals surface area contributed by atoms with Gasteiger partial charge in [-0.3, -0.25) is 9.59 Å². The van der Waals surface area contributed by atoms with Crippen LogP contribution in [0, 0.1) is 0 Å². The van der Waals surface area contributed by atoms with E-state index in [1.807, 2.05) is 20.8 Å². The van der Waals surface area contributed by atoms with Gasteiger partial charge in [-0.25, -0.2) is 0 Å². The largest absolute Gasteiger partial charge is 0.369 e. The molecular weight excluding hydrogens is 196 g/mol. The fraction of sp³-hybridized carbons (Fsp3) is 0.800. The maximum atomic E-state index is 11.3. The summed E-state index contributed by atoms with van der Waals surface area (Å²) in [6, 6.07) is -0.520. The Morgan fingerprint density at radius 1 is 1.27 bits per heavy atom. The second-order valence-corrected chi connectivity index (χ2v) is 3.54. The maximum Gasteiger partial charge on any atom is 0.246 e. The quantitative estimate of drug-likeness (QED) is 0.659. The molecule has 0 bridgehead atoms. The average Bonchev–Trinajstić information content (AvgIpc) is 2.15. The maximum absolute atomic E-state index is 11.3. The lowest BCUT2D eigenvalue weighted by molar-refractivity contribution is -0.132. The molecule has 15 heavy (non-hydrogen) atoms. The molecular formula is C10H20N2O3. The lowest BCUT2D eigenvalue weighted by Crippen LogP contribution is -2.46. The fourth-order valence-corrected chi connectivity index (χ4v) is 0.918. The van der Waals surface area contributed by atoms with Crippen molar-refractivity contribution in [2.24, 2.45) is 0 Å². The van der Waals surface area contributed by atoms with Crippen LogP contribution in [0.3, 0.4) is 0 Å². The van der Waals surface area contributed by atoms with E-state index >= 15 is 0 Å². The van der Waals surface area contributed by atoms with Gasteiger partial charge >= 0.3 is 0 Å². The van der Waals surface area contributed by atoms with Crippen LogP contribution in [0.5, 0.6) is 0 Å². The number of ether oxygens (including phenoxy) is 1. The molecule has 0 fully saturated rings. The highest BCUT2D eigenvalue weighted by Gasteiger charge is 2.14. The summed E-state index contributed by atoms with van der Waals surface area (Å²) in [7, 11) is 0. The fourth-order valence-electron chi connectivity index (χ4n) is 0.918. The standard InChI is InChI=1S/C10H20N2O3/c1-5-11-10(14)8(4)12-9(13)6-15-7(2)3/h7-8H,5-6H2,1-4H3,(H,11,14)(H,12,13). The first-order valence-corrected chi connectivity index (χ1v) is 5.16. The summed E-state index contributed by atoms with van der Waals surface area (Å²) >= 11 is 0. The van der Waals surface area contributed by atoms with Crippen molar-refractivity contribution in [3.63, 3.8) is 0 Å². The molecule has 2 N–H and O–H groups in total. The van der Waals surface area contributed by atoms with E-state index in [1.165, 1.54) is 0 Å². The molecule has 0 aliphatic carbocycles. The molecule has 0 aliphatic heterocycles. The first-order valence-electron chi connectivity index (χ1n) is 5.16. The minimum atomic E-state index is -0.520. The first-order chi connectivity index (χ1) is 6.97. The molecule has 0 saturated carbocycles. The Bertz CT molecular complexity index is 217. The van der Waals surface area contributed by atoms with E-state index in [2.05, 4.69) is 10.6 Å². The predicted octanol–water partition coefficient (Wildman–Crippen LogP) is 0.0522. The number of amides is 2. The molecule has 0 radical (unpaired) electrons. The minimum absolute atomic E-state index is 0.00974. The van der Waals surface area contributed by atoms with Gasteiger partial charge in [-0.15, -0.1) is 0 Å². The van der Waals surface area contributed by atoms with Gasteiger partial charge < -0.3 is 15.4 Å². The summed E-state index contributed by atoms with van der Waals surface area (Å²) in [5, 5.41) is 5.16. The van der Waals surface area contributed by atoms with Crippen LogP contribution >= 0.6 is 0 Å². The zero-order valence-electron chi connectivity index (χ0n) is 9.79. The highest BCUT2D eigenvalue weighted by Crippen LogP contribution is 1.88. The first kappa shape index (κ1) is 13.9. The van der Waals surface area contributed by atoms with Crippen molar-refractivity contribution in [2.75, 3.05) is 13.2 Å². The Balaban J connectivity index is 3.80. The summed E-state index contributed by atoms with van der Waals surface area (Å²) in [6.07, 6.45) is 0.00974. The highest BCUT2D eigenvalue weighted by atomic mass is 16.5. The Morgan fingerprint density at radius 3 is 2.33 bits per heavy atom. The van der Waals surface area contributed by atoms with Crippen molar-refractivity contribution in [3.8, 4) is 0 Å². The molecule has 0 saturated heterocycles. The van der Waals surface area contributed by atoms with Gasteiger partial charge in [-0.2, -0.15) is 0 Å². The number of likely N-dealkylation sites (N-methyl/N-ethyl adjacent to an activating group) is 1. The van der Waals surface area contributed by atoms with Crippen molar-refractivity contribution in [2.45, 2.75) is 39.8 Å². The normalized spacial score (nSPS) is 12.3. The third-order valence-electron chi connectivity index (χ3n) is 1.67. The molecule has 0 aromatic carbocycles. The SMILES string of the molecule is CCNC(=O)C(C)NC(=O)COC(C)C. The van der Waals surface area contributed by atoms with Crippen molar-refractivity contribution in [1.29, 1.82) is 0 Å². The Kier molecular flexibility index (Phi) is 6.70. The summed E-state index contributed by atoms with van der Waals surface area (Å²) in [6.45, 7) is 7.70. The molecule has 5 nitrogen and oxygen atoms in total. The third kappa shape index (κ3) is 6.90. The Hall–Kier alpha value is -1.10. The number of rotatable bonds is 6. The second kappa shape index (κ2) is 7.23. The zero-order chi connectivity index (χ0) is 11.8. The van der Waals surface area contributed by atoms with Crippen LogP contribution in [-0.2, 0) is 14.3 Å². The molecule has 88 valence electrons. The molecule has 0 aliphatic rings. The predicted molar refractivity (Wildman–Crippen MR) is 57.4 cm³/mol. The van der Waals surface area contributed by atoms with Gasteiger partial charge in [-0.05, 0) is 27.7 Å². The Morgan fingerprint density at radius 2 is 1.87 bits per heavy atom. The minimum Gasteiger partial charge on any atom is -0.369 e. The van der Waals surface area contributed by atoms with Crippen LogP contribution < -0.4 is 10.6 Å². The van der Waals surface area contributed by atoms with E-state index < -0.39 is 6.04 Å². The van der Waals surface area contributed by atoms with Crippen molar-refractivity contribution in [3.05, 3.63) is 0 Å². The van der Waals surface area contributed by atoms with E-state index in [9.17, 15) is 9.59 Å².